The number of nitrogens with one attached hydrogen (secondary N) is 1. The summed E-state index contributed by atoms with van der Waals surface area (Å²) in [7, 11) is 0. The number of nitro groups is 1. The fraction of sp³-hybridized carbons (Fsp3) is 0.391. The number of aryl methyl sites for hydroxylation is 2. The minimum absolute atomic E-state index is 0.184. The van der Waals surface area contributed by atoms with Gasteiger partial charge in [-0.05, 0) is 61.6 Å². The molecule has 0 saturated carbocycles. The van der Waals surface area contributed by atoms with E-state index in [1.54, 1.807) is 6.07 Å². The van der Waals surface area contributed by atoms with Crippen LogP contribution in [0.25, 0.3) is 0 Å². The van der Waals surface area contributed by atoms with Crippen molar-refractivity contribution in [3.8, 4) is 0 Å². The molecule has 0 aromatic heterocycles. The van der Waals surface area contributed by atoms with Gasteiger partial charge in [-0.15, -0.1) is 0 Å². The van der Waals surface area contributed by atoms with Crippen molar-refractivity contribution in [3.05, 3.63) is 63.2 Å². The number of fused-ring (bicyclic) bond motifs is 1. The van der Waals surface area contributed by atoms with Crippen molar-refractivity contribution in [2.45, 2.75) is 32.3 Å². The molecular formula is C23H25N3O6. The van der Waals surface area contributed by atoms with Crippen LogP contribution in [0, 0.1) is 10.1 Å². The molecular weight excluding hydrogens is 414 g/mol. The average molecular weight is 439 g/mol. The van der Waals surface area contributed by atoms with Gasteiger partial charge in [-0.25, -0.2) is 4.79 Å². The van der Waals surface area contributed by atoms with Gasteiger partial charge in [0.2, 0.25) is 0 Å². The SMILES string of the molecule is C[C@@H](OC(=O)c1cc(N2CCOCC2)ccc1[N+](=O)[O-])C(=O)Nc1ccc2c(c1)CCC2. The molecule has 9 heteroatoms. The van der Waals surface area contributed by atoms with E-state index in [9.17, 15) is 19.7 Å². The fourth-order valence-electron chi connectivity index (χ4n) is 4.04. The number of morpholine rings is 1. The second kappa shape index (κ2) is 9.35. The Balaban J connectivity index is 1.46. The van der Waals surface area contributed by atoms with E-state index in [4.69, 9.17) is 9.47 Å². The van der Waals surface area contributed by atoms with Crippen molar-refractivity contribution >= 4 is 28.9 Å². The molecule has 1 amide bonds. The second-order valence-electron chi connectivity index (χ2n) is 7.93. The number of carbonyl (C=O) groups excluding carboxylic acids is 2. The third-order valence-corrected chi connectivity index (χ3v) is 5.79. The van der Waals surface area contributed by atoms with E-state index in [1.165, 1.54) is 30.2 Å². The number of nitro benzene ring substituents is 1. The van der Waals surface area contributed by atoms with Crippen molar-refractivity contribution in [2.75, 3.05) is 36.5 Å². The van der Waals surface area contributed by atoms with E-state index >= 15 is 0 Å². The summed E-state index contributed by atoms with van der Waals surface area (Å²) in [4.78, 5) is 38.1. The molecule has 2 aliphatic rings. The van der Waals surface area contributed by atoms with Crippen molar-refractivity contribution in [3.63, 3.8) is 0 Å². The van der Waals surface area contributed by atoms with E-state index in [0.29, 0.717) is 37.7 Å². The van der Waals surface area contributed by atoms with Gasteiger partial charge in [0.1, 0.15) is 5.56 Å². The predicted molar refractivity (Wildman–Crippen MR) is 118 cm³/mol. The van der Waals surface area contributed by atoms with Crippen LogP contribution in [0.5, 0.6) is 0 Å². The third kappa shape index (κ3) is 4.72. The van der Waals surface area contributed by atoms with Crippen molar-refractivity contribution in [1.29, 1.82) is 0 Å². The highest BCUT2D eigenvalue weighted by Gasteiger charge is 2.27. The lowest BCUT2D eigenvalue weighted by Gasteiger charge is -2.29. The lowest BCUT2D eigenvalue weighted by atomic mass is 10.1. The van der Waals surface area contributed by atoms with Gasteiger partial charge in [-0.3, -0.25) is 14.9 Å². The number of anilines is 2. The van der Waals surface area contributed by atoms with Gasteiger partial charge in [-0.2, -0.15) is 0 Å². The van der Waals surface area contributed by atoms with E-state index in [0.717, 1.165) is 19.3 Å². The molecule has 32 heavy (non-hydrogen) atoms. The zero-order valence-corrected chi connectivity index (χ0v) is 17.8. The number of benzene rings is 2. The van der Waals surface area contributed by atoms with Crippen molar-refractivity contribution in [2.24, 2.45) is 0 Å². The third-order valence-electron chi connectivity index (χ3n) is 5.79. The van der Waals surface area contributed by atoms with Crippen LogP contribution in [-0.4, -0.2) is 49.2 Å². The molecule has 1 fully saturated rings. The van der Waals surface area contributed by atoms with Crippen LogP contribution in [0.2, 0.25) is 0 Å². The standard InChI is InChI=1S/C23H25N3O6/c1-15(22(27)24-18-6-5-16-3-2-4-17(16)13-18)32-23(28)20-14-19(7-8-21(20)26(29)30)25-9-11-31-12-10-25/h5-8,13-15H,2-4,9-12H2,1H3,(H,24,27)/t15-/m1/s1. The minimum Gasteiger partial charge on any atom is -0.449 e. The van der Waals surface area contributed by atoms with Crippen LogP contribution in [-0.2, 0) is 27.1 Å². The topological polar surface area (TPSA) is 111 Å². The maximum atomic E-state index is 12.8. The lowest BCUT2D eigenvalue weighted by Crippen LogP contribution is -2.36. The van der Waals surface area contributed by atoms with Gasteiger partial charge in [0.15, 0.2) is 6.10 Å². The molecule has 1 saturated heterocycles. The number of rotatable bonds is 6. The molecule has 0 radical (unpaired) electrons. The Morgan fingerprint density at radius 1 is 1.12 bits per heavy atom. The smallest absolute Gasteiger partial charge is 0.346 e. The minimum atomic E-state index is -1.12. The van der Waals surface area contributed by atoms with Crippen LogP contribution >= 0.6 is 0 Å². The quantitative estimate of drug-likeness (QED) is 0.418. The number of esters is 1. The molecule has 2 aromatic carbocycles. The van der Waals surface area contributed by atoms with Crippen LogP contribution in [0.3, 0.4) is 0 Å². The largest absolute Gasteiger partial charge is 0.449 e. The van der Waals surface area contributed by atoms with Crippen LogP contribution < -0.4 is 10.2 Å². The molecule has 1 heterocycles. The normalized spacial score (nSPS) is 16.2. The fourth-order valence-corrected chi connectivity index (χ4v) is 4.04. The number of hydrogen-bond acceptors (Lipinski definition) is 7. The summed E-state index contributed by atoms with van der Waals surface area (Å²) >= 11 is 0. The Bertz CT molecular complexity index is 1050. The van der Waals surface area contributed by atoms with E-state index in [1.807, 2.05) is 23.1 Å². The second-order valence-corrected chi connectivity index (χ2v) is 7.93. The Kier molecular flexibility index (Phi) is 6.36. The predicted octanol–water partition coefficient (Wildman–Crippen LogP) is 3.10. The zero-order valence-electron chi connectivity index (χ0n) is 17.8. The first-order valence-electron chi connectivity index (χ1n) is 10.7. The molecule has 0 spiro atoms. The summed E-state index contributed by atoms with van der Waals surface area (Å²) in [5.41, 5.74) is 3.26. The monoisotopic (exact) mass is 439 g/mol. The molecule has 1 N–H and O–H groups in total. The number of nitrogens with zero attached hydrogens (tertiary/aromatic N) is 2. The van der Waals surface area contributed by atoms with Crippen molar-refractivity contribution < 1.29 is 24.0 Å². The number of amides is 1. The van der Waals surface area contributed by atoms with Crippen LogP contribution in [0.15, 0.2) is 36.4 Å². The van der Waals surface area contributed by atoms with Crippen LogP contribution in [0.1, 0.15) is 34.8 Å². The molecule has 1 atom stereocenters. The molecule has 0 unspecified atom stereocenters. The molecule has 2 aromatic rings. The summed E-state index contributed by atoms with van der Waals surface area (Å²) in [5.74, 6) is -1.41. The van der Waals surface area contributed by atoms with Crippen LogP contribution in [0.4, 0.5) is 17.1 Å². The number of hydrogen-bond donors (Lipinski definition) is 1. The van der Waals surface area contributed by atoms with Gasteiger partial charge in [0.25, 0.3) is 11.6 Å². The molecule has 4 rings (SSSR count). The van der Waals surface area contributed by atoms with Gasteiger partial charge < -0.3 is 19.7 Å². The maximum absolute atomic E-state index is 12.8. The highest BCUT2D eigenvalue weighted by Crippen LogP contribution is 2.27. The summed E-state index contributed by atoms with van der Waals surface area (Å²) in [6.45, 7) is 3.75. The van der Waals surface area contributed by atoms with Gasteiger partial charge in [0.05, 0.1) is 18.1 Å². The van der Waals surface area contributed by atoms with Gasteiger partial charge >= 0.3 is 5.97 Å². The Hall–Kier alpha value is -3.46. The Labute approximate surface area is 185 Å². The van der Waals surface area contributed by atoms with E-state index in [-0.39, 0.29) is 11.3 Å². The zero-order chi connectivity index (χ0) is 22.7. The summed E-state index contributed by atoms with van der Waals surface area (Å²) in [5, 5.41) is 14.2. The first kappa shape index (κ1) is 21.8. The van der Waals surface area contributed by atoms with Gasteiger partial charge in [-0.1, -0.05) is 6.07 Å². The molecule has 0 bridgehead atoms. The average Bonchev–Trinajstić information content (AvgIpc) is 3.27. The maximum Gasteiger partial charge on any atom is 0.346 e. The summed E-state index contributed by atoms with van der Waals surface area (Å²) in [6.07, 6.45) is 2.00. The molecule has 168 valence electrons. The Morgan fingerprint density at radius 3 is 2.62 bits per heavy atom. The highest BCUT2D eigenvalue weighted by atomic mass is 16.6. The number of ether oxygens (including phenoxy) is 2. The molecule has 1 aliphatic carbocycles. The first-order valence-corrected chi connectivity index (χ1v) is 10.7. The van der Waals surface area contributed by atoms with Gasteiger partial charge in [0, 0.05) is 30.5 Å². The molecule has 1 aliphatic heterocycles. The van der Waals surface area contributed by atoms with E-state index in [2.05, 4.69) is 5.32 Å². The van der Waals surface area contributed by atoms with Crippen molar-refractivity contribution in [1.82, 2.24) is 0 Å². The highest BCUT2D eigenvalue weighted by molar-refractivity contribution is 5.99. The summed E-state index contributed by atoms with van der Waals surface area (Å²) in [6, 6.07) is 10.1. The van der Waals surface area contributed by atoms with E-state index < -0.39 is 22.9 Å². The number of carbonyl (C=O) groups is 2. The molecule has 9 nitrogen and oxygen atoms in total. The first-order chi connectivity index (χ1) is 15.4. The Morgan fingerprint density at radius 2 is 1.88 bits per heavy atom. The lowest BCUT2D eigenvalue weighted by molar-refractivity contribution is -0.385. The summed E-state index contributed by atoms with van der Waals surface area (Å²) < 4.78 is 10.6.